The zero-order valence-corrected chi connectivity index (χ0v) is 17.9. The molecule has 2 aliphatic heterocycles. The summed E-state index contributed by atoms with van der Waals surface area (Å²) in [6, 6.07) is 10.2. The first kappa shape index (κ1) is 21.1. The van der Waals surface area contributed by atoms with Crippen molar-refractivity contribution in [1.82, 2.24) is 10.2 Å². The molecule has 2 amide bonds. The minimum atomic E-state index is -0.586. The molecule has 1 N–H and O–H groups in total. The van der Waals surface area contributed by atoms with E-state index in [4.69, 9.17) is 4.74 Å². The van der Waals surface area contributed by atoms with Crippen molar-refractivity contribution in [2.24, 2.45) is 0 Å². The Hall–Kier alpha value is -2.14. The Labute approximate surface area is 179 Å². The number of benzene rings is 1. The Morgan fingerprint density at radius 1 is 1.07 bits per heavy atom. The second-order valence-electron chi connectivity index (χ2n) is 9.23. The van der Waals surface area contributed by atoms with Crippen molar-refractivity contribution < 1.29 is 14.3 Å². The van der Waals surface area contributed by atoms with Crippen LogP contribution in [0.1, 0.15) is 63.4 Å². The van der Waals surface area contributed by atoms with Crippen molar-refractivity contribution in [2.45, 2.75) is 74.8 Å². The van der Waals surface area contributed by atoms with Crippen LogP contribution < -0.4 is 5.32 Å². The number of amides is 2. The molecular formula is C25H34N2O3. The number of piperidine rings is 1. The molecule has 0 bridgehead atoms. The van der Waals surface area contributed by atoms with E-state index in [-0.39, 0.29) is 23.5 Å². The molecule has 1 unspecified atom stereocenters. The molecule has 1 aromatic carbocycles. The molecule has 1 aromatic rings. The number of carbonyl (C=O) groups is 2. The summed E-state index contributed by atoms with van der Waals surface area (Å²) in [4.78, 5) is 27.6. The molecule has 1 saturated carbocycles. The number of hydrogen-bond donors (Lipinski definition) is 1. The van der Waals surface area contributed by atoms with Gasteiger partial charge < -0.3 is 15.0 Å². The van der Waals surface area contributed by atoms with Crippen molar-refractivity contribution in [3.8, 4) is 0 Å². The van der Waals surface area contributed by atoms with E-state index in [0.717, 1.165) is 37.9 Å². The minimum absolute atomic E-state index is 0.0336. The number of hydrogen-bond acceptors (Lipinski definition) is 3. The zero-order chi connectivity index (χ0) is 21.0. The minimum Gasteiger partial charge on any atom is -0.375 e. The molecule has 30 heavy (non-hydrogen) atoms. The van der Waals surface area contributed by atoms with Gasteiger partial charge in [0.05, 0.1) is 11.0 Å². The van der Waals surface area contributed by atoms with Crippen LogP contribution in [0.2, 0.25) is 0 Å². The van der Waals surface area contributed by atoms with Crippen molar-refractivity contribution in [3.05, 3.63) is 48.6 Å². The molecule has 2 saturated heterocycles. The number of nitrogens with zero attached hydrogens (tertiary/aromatic N) is 1. The van der Waals surface area contributed by atoms with Crippen molar-refractivity contribution in [3.63, 3.8) is 0 Å². The molecule has 2 heterocycles. The van der Waals surface area contributed by atoms with Crippen LogP contribution >= 0.6 is 0 Å². The van der Waals surface area contributed by atoms with Crippen molar-refractivity contribution in [1.29, 1.82) is 0 Å². The average Bonchev–Trinajstić information content (AvgIpc) is 2.79. The highest BCUT2D eigenvalue weighted by atomic mass is 16.5. The summed E-state index contributed by atoms with van der Waals surface area (Å²) in [6.45, 7) is 5.48. The lowest BCUT2D eigenvalue weighted by Crippen LogP contribution is -2.57. The molecule has 3 aliphatic rings. The van der Waals surface area contributed by atoms with E-state index in [1.165, 1.54) is 25.3 Å². The first-order valence-corrected chi connectivity index (χ1v) is 11.5. The fourth-order valence-electron chi connectivity index (χ4n) is 5.66. The normalized spacial score (nSPS) is 25.5. The summed E-state index contributed by atoms with van der Waals surface area (Å²) < 4.78 is 6.22. The monoisotopic (exact) mass is 410 g/mol. The Bertz CT molecular complexity index is 756. The molecule has 162 valence electrons. The Morgan fingerprint density at radius 3 is 2.43 bits per heavy atom. The second-order valence-corrected chi connectivity index (χ2v) is 9.23. The maximum absolute atomic E-state index is 13.7. The van der Waals surface area contributed by atoms with Gasteiger partial charge in [0.25, 0.3) is 0 Å². The SMILES string of the molecule is C=CC(=O)N1CCC(C(=O)NC2CCOC3(CCCCC3)C2)(c2ccccc2)CC1. The van der Waals surface area contributed by atoms with Crippen LogP contribution in [-0.2, 0) is 19.7 Å². The summed E-state index contributed by atoms with van der Waals surface area (Å²) in [5.74, 6) is 0.0537. The molecule has 5 heteroatoms. The lowest BCUT2D eigenvalue weighted by Gasteiger charge is -2.45. The van der Waals surface area contributed by atoms with Gasteiger partial charge in [-0.05, 0) is 50.2 Å². The van der Waals surface area contributed by atoms with Gasteiger partial charge >= 0.3 is 0 Å². The van der Waals surface area contributed by atoms with E-state index in [2.05, 4.69) is 24.0 Å². The lowest BCUT2D eigenvalue weighted by molar-refractivity contribution is -0.137. The highest BCUT2D eigenvalue weighted by Gasteiger charge is 2.45. The molecule has 5 nitrogen and oxygen atoms in total. The van der Waals surface area contributed by atoms with Crippen molar-refractivity contribution >= 4 is 11.8 Å². The standard InChI is InChI=1S/C25H34N2O3/c1-2-22(28)27-16-14-25(15-17-27,20-9-5-3-6-10-20)23(29)26-21-11-18-30-24(19-21)12-7-4-8-13-24/h2-3,5-6,9-10,21H,1,4,7-8,11-19H2,(H,26,29). The fraction of sp³-hybridized carbons (Fsp3) is 0.600. The van der Waals surface area contributed by atoms with Gasteiger partial charge in [0.1, 0.15) is 0 Å². The number of ether oxygens (including phenoxy) is 1. The molecule has 1 aliphatic carbocycles. The van der Waals surface area contributed by atoms with Gasteiger partial charge in [0, 0.05) is 25.7 Å². The third kappa shape index (κ3) is 4.18. The molecule has 0 radical (unpaired) electrons. The van der Waals surface area contributed by atoms with E-state index in [0.29, 0.717) is 25.9 Å². The predicted octanol–water partition coefficient (Wildman–Crippen LogP) is 3.73. The highest BCUT2D eigenvalue weighted by molar-refractivity contribution is 5.90. The van der Waals surface area contributed by atoms with Gasteiger partial charge in [-0.15, -0.1) is 0 Å². The van der Waals surface area contributed by atoms with E-state index in [1.807, 2.05) is 18.2 Å². The smallest absolute Gasteiger partial charge is 0.245 e. The van der Waals surface area contributed by atoms with Crippen LogP contribution in [0.4, 0.5) is 0 Å². The third-order valence-electron chi connectivity index (χ3n) is 7.46. The molecule has 1 spiro atoms. The van der Waals surface area contributed by atoms with Gasteiger partial charge in [-0.2, -0.15) is 0 Å². The maximum Gasteiger partial charge on any atom is 0.245 e. The summed E-state index contributed by atoms with van der Waals surface area (Å²) in [6.07, 6.45) is 10.4. The first-order valence-electron chi connectivity index (χ1n) is 11.5. The van der Waals surface area contributed by atoms with Crippen LogP contribution in [0.3, 0.4) is 0 Å². The predicted molar refractivity (Wildman–Crippen MR) is 117 cm³/mol. The van der Waals surface area contributed by atoms with Gasteiger partial charge in [-0.1, -0.05) is 56.2 Å². The number of likely N-dealkylation sites (tertiary alicyclic amines) is 1. The second kappa shape index (κ2) is 8.93. The maximum atomic E-state index is 13.7. The van der Waals surface area contributed by atoms with Crippen LogP contribution in [0.25, 0.3) is 0 Å². The van der Waals surface area contributed by atoms with Gasteiger partial charge in [0.15, 0.2) is 0 Å². The first-order chi connectivity index (χ1) is 14.6. The Balaban J connectivity index is 1.51. The van der Waals surface area contributed by atoms with Crippen LogP contribution in [0, 0.1) is 0 Å². The molecule has 0 aromatic heterocycles. The van der Waals surface area contributed by atoms with Crippen LogP contribution in [0.5, 0.6) is 0 Å². The van der Waals surface area contributed by atoms with Gasteiger partial charge in [0.2, 0.25) is 11.8 Å². The molecule has 3 fully saturated rings. The highest BCUT2D eigenvalue weighted by Crippen LogP contribution is 2.40. The van der Waals surface area contributed by atoms with Gasteiger partial charge in [-0.25, -0.2) is 0 Å². The lowest BCUT2D eigenvalue weighted by atomic mass is 9.71. The Morgan fingerprint density at radius 2 is 1.77 bits per heavy atom. The summed E-state index contributed by atoms with van der Waals surface area (Å²) in [7, 11) is 0. The van der Waals surface area contributed by atoms with Gasteiger partial charge in [-0.3, -0.25) is 9.59 Å². The van der Waals surface area contributed by atoms with Crippen LogP contribution in [0.15, 0.2) is 43.0 Å². The number of nitrogens with one attached hydrogen (secondary N) is 1. The van der Waals surface area contributed by atoms with E-state index in [9.17, 15) is 9.59 Å². The fourth-order valence-corrected chi connectivity index (χ4v) is 5.66. The van der Waals surface area contributed by atoms with E-state index >= 15 is 0 Å². The number of rotatable bonds is 4. The summed E-state index contributed by atoms with van der Waals surface area (Å²) in [5.41, 5.74) is 0.429. The third-order valence-corrected chi connectivity index (χ3v) is 7.46. The van der Waals surface area contributed by atoms with Crippen LogP contribution in [-0.4, -0.2) is 48.1 Å². The average molecular weight is 411 g/mol. The number of carbonyl (C=O) groups excluding carboxylic acids is 2. The topological polar surface area (TPSA) is 58.6 Å². The summed E-state index contributed by atoms with van der Waals surface area (Å²) in [5, 5.41) is 3.41. The van der Waals surface area contributed by atoms with E-state index < -0.39 is 5.41 Å². The summed E-state index contributed by atoms with van der Waals surface area (Å²) >= 11 is 0. The quantitative estimate of drug-likeness (QED) is 0.770. The molecule has 1 atom stereocenters. The van der Waals surface area contributed by atoms with Crippen molar-refractivity contribution in [2.75, 3.05) is 19.7 Å². The Kier molecular flexibility index (Phi) is 6.28. The molecular weight excluding hydrogens is 376 g/mol. The molecule has 4 rings (SSSR count). The zero-order valence-electron chi connectivity index (χ0n) is 17.9. The largest absolute Gasteiger partial charge is 0.375 e. The van der Waals surface area contributed by atoms with E-state index in [1.54, 1.807) is 4.90 Å².